The fraction of sp³-hybridized carbons (Fsp3) is 0.0667. The van der Waals surface area contributed by atoms with Gasteiger partial charge in [0.05, 0.1) is 5.52 Å². The van der Waals surface area contributed by atoms with Gasteiger partial charge in [0.2, 0.25) is 5.28 Å². The van der Waals surface area contributed by atoms with Crippen LogP contribution in [-0.2, 0) is 0 Å². The summed E-state index contributed by atoms with van der Waals surface area (Å²) in [5, 5.41) is 5.09. The molecule has 3 rings (SSSR count). The van der Waals surface area contributed by atoms with Crippen molar-refractivity contribution in [2.24, 2.45) is 0 Å². The van der Waals surface area contributed by atoms with Crippen molar-refractivity contribution < 1.29 is 0 Å². The Hall–Kier alpha value is -1.84. The molecule has 0 aliphatic rings. The largest absolute Gasteiger partial charge is 0.340 e. The molecule has 3 nitrogen and oxygen atoms in total. The van der Waals surface area contributed by atoms with E-state index in [9.17, 15) is 0 Å². The lowest BCUT2D eigenvalue weighted by atomic mass is 10.1. The van der Waals surface area contributed by atoms with Crippen LogP contribution in [0.4, 0.5) is 11.5 Å². The maximum absolute atomic E-state index is 5.97. The van der Waals surface area contributed by atoms with Crippen molar-refractivity contribution in [1.29, 1.82) is 0 Å². The van der Waals surface area contributed by atoms with Gasteiger partial charge in [0.1, 0.15) is 5.82 Å². The predicted octanol–water partition coefficient (Wildman–Crippen LogP) is 4.99. The van der Waals surface area contributed by atoms with E-state index in [4.69, 9.17) is 23.2 Å². The number of nitrogens with zero attached hydrogens (tertiary/aromatic N) is 2. The van der Waals surface area contributed by atoms with E-state index < -0.39 is 0 Å². The molecule has 1 heterocycles. The van der Waals surface area contributed by atoms with Gasteiger partial charge in [-0.1, -0.05) is 23.2 Å². The standard InChI is InChI=1S/C15H11Cl2N3/c1-9-2-7-13-12(8-9)14(20-15(17)19-13)18-11-5-3-10(16)4-6-11/h2-8H,1H3,(H,18,19,20). The third kappa shape index (κ3) is 2.69. The molecule has 0 spiro atoms. The molecule has 2 aromatic carbocycles. The van der Waals surface area contributed by atoms with Gasteiger partial charge in [-0.2, -0.15) is 4.98 Å². The number of hydrogen-bond acceptors (Lipinski definition) is 3. The monoisotopic (exact) mass is 303 g/mol. The lowest BCUT2D eigenvalue weighted by molar-refractivity contribution is 1.21. The number of rotatable bonds is 2. The Bertz CT molecular complexity index is 770. The van der Waals surface area contributed by atoms with Crippen molar-refractivity contribution in [3.63, 3.8) is 0 Å². The molecule has 3 aromatic rings. The van der Waals surface area contributed by atoms with Crippen LogP contribution in [0.2, 0.25) is 10.3 Å². The molecule has 0 bridgehead atoms. The number of halogens is 2. The molecular formula is C15H11Cl2N3. The second-order valence-corrected chi connectivity index (χ2v) is 5.27. The normalized spacial score (nSPS) is 10.8. The SMILES string of the molecule is Cc1ccc2nc(Cl)nc(Nc3ccc(Cl)cc3)c2c1. The highest BCUT2D eigenvalue weighted by Gasteiger charge is 2.07. The van der Waals surface area contributed by atoms with Crippen molar-refractivity contribution in [1.82, 2.24) is 9.97 Å². The molecule has 0 radical (unpaired) electrons. The van der Waals surface area contributed by atoms with Crippen LogP contribution < -0.4 is 5.32 Å². The van der Waals surface area contributed by atoms with Gasteiger partial charge < -0.3 is 5.32 Å². The molecule has 1 N–H and O–H groups in total. The first-order valence-electron chi connectivity index (χ1n) is 6.08. The molecule has 0 fully saturated rings. The zero-order valence-corrected chi connectivity index (χ0v) is 12.2. The lowest BCUT2D eigenvalue weighted by Crippen LogP contribution is -1.97. The molecular weight excluding hydrogens is 293 g/mol. The van der Waals surface area contributed by atoms with E-state index in [1.54, 1.807) is 0 Å². The van der Waals surface area contributed by atoms with Crippen molar-refractivity contribution in [3.8, 4) is 0 Å². The molecule has 5 heteroatoms. The van der Waals surface area contributed by atoms with Gasteiger partial charge in [0.15, 0.2) is 0 Å². The topological polar surface area (TPSA) is 37.8 Å². The first kappa shape index (κ1) is 13.2. The smallest absolute Gasteiger partial charge is 0.224 e. The summed E-state index contributed by atoms with van der Waals surface area (Å²) in [6.45, 7) is 2.03. The molecule has 100 valence electrons. The van der Waals surface area contributed by atoms with E-state index in [2.05, 4.69) is 15.3 Å². The zero-order chi connectivity index (χ0) is 14.1. The maximum Gasteiger partial charge on any atom is 0.224 e. The van der Waals surface area contributed by atoms with E-state index in [1.807, 2.05) is 49.4 Å². The van der Waals surface area contributed by atoms with Crippen LogP contribution in [0.5, 0.6) is 0 Å². The minimum absolute atomic E-state index is 0.220. The highest BCUT2D eigenvalue weighted by Crippen LogP contribution is 2.26. The molecule has 0 aliphatic heterocycles. The average molecular weight is 304 g/mol. The predicted molar refractivity (Wildman–Crippen MR) is 84.0 cm³/mol. The number of fused-ring (bicyclic) bond motifs is 1. The highest BCUT2D eigenvalue weighted by atomic mass is 35.5. The third-order valence-electron chi connectivity index (χ3n) is 2.93. The molecule has 20 heavy (non-hydrogen) atoms. The van der Waals surface area contributed by atoms with Gasteiger partial charge in [-0.15, -0.1) is 0 Å². The number of nitrogens with one attached hydrogen (secondary N) is 1. The van der Waals surface area contributed by atoms with E-state index in [-0.39, 0.29) is 5.28 Å². The molecule has 0 saturated heterocycles. The van der Waals surface area contributed by atoms with E-state index in [1.165, 1.54) is 0 Å². The van der Waals surface area contributed by atoms with Crippen LogP contribution in [0.25, 0.3) is 10.9 Å². The van der Waals surface area contributed by atoms with Gasteiger partial charge in [0.25, 0.3) is 0 Å². The first-order valence-corrected chi connectivity index (χ1v) is 6.84. The maximum atomic E-state index is 5.97. The van der Waals surface area contributed by atoms with E-state index in [0.29, 0.717) is 10.8 Å². The van der Waals surface area contributed by atoms with Crippen LogP contribution >= 0.6 is 23.2 Å². The molecule has 0 atom stereocenters. The lowest BCUT2D eigenvalue weighted by Gasteiger charge is -2.09. The number of benzene rings is 2. The van der Waals surface area contributed by atoms with Crippen LogP contribution in [-0.4, -0.2) is 9.97 Å². The highest BCUT2D eigenvalue weighted by molar-refractivity contribution is 6.30. The van der Waals surface area contributed by atoms with Crippen molar-refractivity contribution in [3.05, 3.63) is 58.3 Å². The van der Waals surface area contributed by atoms with E-state index in [0.717, 1.165) is 22.2 Å². The van der Waals surface area contributed by atoms with Gasteiger partial charge in [-0.25, -0.2) is 4.98 Å². The quantitative estimate of drug-likeness (QED) is 0.678. The summed E-state index contributed by atoms with van der Waals surface area (Å²) in [5.74, 6) is 0.686. The summed E-state index contributed by atoms with van der Waals surface area (Å²) in [6, 6.07) is 13.4. The first-order chi connectivity index (χ1) is 9.61. The minimum Gasteiger partial charge on any atom is -0.340 e. The summed E-state index contributed by atoms with van der Waals surface area (Å²) >= 11 is 11.9. The molecule has 0 amide bonds. The average Bonchev–Trinajstić information content (AvgIpc) is 2.42. The third-order valence-corrected chi connectivity index (χ3v) is 3.35. The van der Waals surface area contributed by atoms with Gasteiger partial charge in [-0.3, -0.25) is 0 Å². The Morgan fingerprint density at radius 1 is 0.950 bits per heavy atom. The van der Waals surface area contributed by atoms with Crippen molar-refractivity contribution in [2.45, 2.75) is 6.92 Å². The Labute approximate surface area is 126 Å². The van der Waals surface area contributed by atoms with E-state index >= 15 is 0 Å². The fourth-order valence-electron chi connectivity index (χ4n) is 1.98. The second kappa shape index (κ2) is 5.27. The second-order valence-electron chi connectivity index (χ2n) is 4.49. The number of hydrogen-bond donors (Lipinski definition) is 1. The van der Waals surface area contributed by atoms with Crippen LogP contribution in [0.15, 0.2) is 42.5 Å². The van der Waals surface area contributed by atoms with Crippen molar-refractivity contribution in [2.75, 3.05) is 5.32 Å². The van der Waals surface area contributed by atoms with Gasteiger partial charge in [-0.05, 0) is 54.9 Å². The summed E-state index contributed by atoms with van der Waals surface area (Å²) in [5.41, 5.74) is 2.85. The summed E-state index contributed by atoms with van der Waals surface area (Å²) < 4.78 is 0. The summed E-state index contributed by atoms with van der Waals surface area (Å²) in [6.07, 6.45) is 0. The number of aryl methyl sites for hydroxylation is 1. The Morgan fingerprint density at radius 3 is 2.45 bits per heavy atom. The van der Waals surface area contributed by atoms with Gasteiger partial charge >= 0.3 is 0 Å². The molecule has 0 saturated carbocycles. The molecule has 0 aliphatic carbocycles. The minimum atomic E-state index is 0.220. The Balaban J connectivity index is 2.10. The van der Waals surface area contributed by atoms with Crippen LogP contribution in [0.3, 0.4) is 0 Å². The molecule has 0 unspecified atom stereocenters. The van der Waals surface area contributed by atoms with Gasteiger partial charge in [0, 0.05) is 16.1 Å². The number of aromatic nitrogens is 2. The fourth-order valence-corrected chi connectivity index (χ4v) is 2.28. The summed E-state index contributed by atoms with van der Waals surface area (Å²) in [4.78, 5) is 8.50. The Kier molecular flexibility index (Phi) is 3.47. The van der Waals surface area contributed by atoms with Crippen LogP contribution in [0.1, 0.15) is 5.56 Å². The van der Waals surface area contributed by atoms with Crippen LogP contribution in [0, 0.1) is 6.92 Å². The summed E-state index contributed by atoms with van der Waals surface area (Å²) in [7, 11) is 0. The zero-order valence-electron chi connectivity index (χ0n) is 10.7. The number of anilines is 2. The Morgan fingerprint density at radius 2 is 1.70 bits per heavy atom. The van der Waals surface area contributed by atoms with Crippen molar-refractivity contribution >= 4 is 45.6 Å². The molecule has 1 aromatic heterocycles.